The Labute approximate surface area is 149 Å². The van der Waals surface area contributed by atoms with Gasteiger partial charge in [0.2, 0.25) is 0 Å². The molecule has 0 atom stereocenters. The first-order chi connectivity index (χ1) is 6.84. The van der Waals surface area contributed by atoms with Gasteiger partial charge < -0.3 is 37.2 Å². The third kappa shape index (κ3) is 3.68. The molecule has 0 aliphatic rings. The standard InChI is InChI=1S/C13H8Cl.3ClH.Zr/c14-11-5-6-13-10(8-11)7-9-3-1-2-4-12(9)13;;;;/h1-8H;3*1H;/q-1;;;;+4/p-3. The van der Waals surface area contributed by atoms with Crippen LogP contribution in [0.4, 0.5) is 0 Å². The Morgan fingerprint density at radius 2 is 1.39 bits per heavy atom. The summed E-state index contributed by atoms with van der Waals surface area (Å²) in [4.78, 5) is 0. The molecule has 0 amide bonds. The Morgan fingerprint density at radius 3 is 2.11 bits per heavy atom. The second-order valence-corrected chi connectivity index (χ2v) is 3.90. The monoisotopic (exact) mass is 394 g/mol. The smallest absolute Gasteiger partial charge is 1.00 e. The Hall–Kier alpha value is 0.353. The molecule has 0 spiro atoms. The summed E-state index contributed by atoms with van der Waals surface area (Å²) >= 11 is 5.95. The fraction of sp³-hybridized carbons (Fsp3) is 0. The van der Waals surface area contributed by atoms with Crippen LogP contribution < -0.4 is 37.2 Å². The molecule has 0 aliphatic heterocycles. The Bertz CT molecular complexity index is 618. The van der Waals surface area contributed by atoms with E-state index in [4.69, 9.17) is 11.6 Å². The fourth-order valence-electron chi connectivity index (χ4n) is 1.93. The number of rotatable bonds is 0. The van der Waals surface area contributed by atoms with Crippen LogP contribution in [-0.2, 0) is 26.2 Å². The molecule has 0 aliphatic carbocycles. The fourth-order valence-corrected chi connectivity index (χ4v) is 2.11. The minimum absolute atomic E-state index is 0. The van der Waals surface area contributed by atoms with E-state index in [0.717, 1.165) is 5.02 Å². The first-order valence-corrected chi connectivity index (χ1v) is 4.96. The second kappa shape index (κ2) is 8.51. The van der Waals surface area contributed by atoms with E-state index in [2.05, 4.69) is 36.4 Å². The molecular weight excluding hydrogens is 389 g/mol. The molecule has 0 radical (unpaired) electrons. The molecule has 0 saturated carbocycles. The normalized spacial score (nSPS) is 8.72. The summed E-state index contributed by atoms with van der Waals surface area (Å²) in [6.45, 7) is 0. The summed E-state index contributed by atoms with van der Waals surface area (Å²) in [7, 11) is 0. The van der Waals surface area contributed by atoms with Crippen LogP contribution in [0.1, 0.15) is 0 Å². The van der Waals surface area contributed by atoms with Gasteiger partial charge in [-0.15, -0.1) is 39.7 Å². The first kappa shape index (κ1) is 20.7. The van der Waals surface area contributed by atoms with Gasteiger partial charge in [-0.25, -0.2) is 0 Å². The number of fused-ring (bicyclic) bond motifs is 3. The topological polar surface area (TPSA) is 0 Å². The molecule has 18 heavy (non-hydrogen) atoms. The van der Waals surface area contributed by atoms with Crippen LogP contribution in [0.3, 0.4) is 0 Å². The summed E-state index contributed by atoms with van der Waals surface area (Å²) < 4.78 is 0. The van der Waals surface area contributed by atoms with Gasteiger partial charge in [-0.3, -0.25) is 0 Å². The van der Waals surface area contributed by atoms with Gasteiger partial charge in [0.25, 0.3) is 0 Å². The maximum atomic E-state index is 5.95. The van der Waals surface area contributed by atoms with Crippen molar-refractivity contribution in [1.29, 1.82) is 0 Å². The Morgan fingerprint density at radius 1 is 0.778 bits per heavy atom. The molecule has 0 saturated heterocycles. The van der Waals surface area contributed by atoms with E-state index in [1.165, 1.54) is 21.5 Å². The molecule has 3 rings (SSSR count). The Kier molecular flexibility index (Phi) is 9.77. The second-order valence-electron chi connectivity index (χ2n) is 3.46. The van der Waals surface area contributed by atoms with Crippen molar-refractivity contribution in [3.05, 3.63) is 53.6 Å². The predicted molar refractivity (Wildman–Crippen MR) is 62.1 cm³/mol. The molecule has 92 valence electrons. The molecular formula is C13H8Cl4Zr. The zero-order chi connectivity index (χ0) is 9.54. The molecule has 0 heterocycles. The van der Waals surface area contributed by atoms with E-state index in [0.29, 0.717) is 0 Å². The van der Waals surface area contributed by atoms with Gasteiger partial charge in [0.15, 0.2) is 0 Å². The molecule has 3 aromatic carbocycles. The quantitative estimate of drug-likeness (QED) is 0.335. The van der Waals surface area contributed by atoms with Crippen LogP contribution in [0, 0.1) is 0 Å². The van der Waals surface area contributed by atoms with Crippen LogP contribution in [-0.4, -0.2) is 0 Å². The summed E-state index contributed by atoms with van der Waals surface area (Å²) in [6.07, 6.45) is 0. The Balaban J connectivity index is 0. The van der Waals surface area contributed by atoms with Gasteiger partial charge in [-0.2, -0.15) is 0 Å². The van der Waals surface area contributed by atoms with Gasteiger partial charge in [-0.1, -0.05) is 41.9 Å². The summed E-state index contributed by atoms with van der Waals surface area (Å²) in [6, 6.07) is 16.6. The van der Waals surface area contributed by atoms with Gasteiger partial charge in [0.1, 0.15) is 0 Å². The van der Waals surface area contributed by atoms with Crippen molar-refractivity contribution in [3.63, 3.8) is 0 Å². The summed E-state index contributed by atoms with van der Waals surface area (Å²) in [5, 5.41) is 5.89. The van der Waals surface area contributed by atoms with E-state index < -0.39 is 0 Å². The molecule has 3 aromatic rings. The van der Waals surface area contributed by atoms with E-state index in [1.54, 1.807) is 0 Å². The van der Waals surface area contributed by atoms with E-state index >= 15 is 0 Å². The van der Waals surface area contributed by atoms with Gasteiger partial charge >= 0.3 is 26.2 Å². The van der Waals surface area contributed by atoms with Gasteiger partial charge in [-0.05, 0) is 0 Å². The van der Waals surface area contributed by atoms with Crippen molar-refractivity contribution in [2.45, 2.75) is 0 Å². The van der Waals surface area contributed by atoms with Crippen LogP contribution in [0.25, 0.3) is 21.5 Å². The molecule has 0 fully saturated rings. The van der Waals surface area contributed by atoms with Crippen LogP contribution in [0.2, 0.25) is 5.02 Å². The van der Waals surface area contributed by atoms with Crippen LogP contribution >= 0.6 is 11.6 Å². The van der Waals surface area contributed by atoms with Crippen molar-refractivity contribution < 1.29 is 63.4 Å². The van der Waals surface area contributed by atoms with Crippen LogP contribution in [0.15, 0.2) is 48.5 Å². The summed E-state index contributed by atoms with van der Waals surface area (Å²) in [5.74, 6) is 0. The minimum atomic E-state index is 0. The SMILES string of the molecule is Clc1ccc2c(c1)[cH-]c1ccccc12.[Cl-].[Cl-].[Cl-].[Zr+4]. The summed E-state index contributed by atoms with van der Waals surface area (Å²) in [5.41, 5.74) is 0. The predicted octanol–water partition coefficient (Wildman–Crippen LogP) is -4.63. The third-order valence-electron chi connectivity index (χ3n) is 2.58. The average Bonchev–Trinajstić information content (AvgIpc) is 2.54. The van der Waals surface area contributed by atoms with Crippen molar-refractivity contribution >= 4 is 33.1 Å². The largest absolute Gasteiger partial charge is 4.00 e. The van der Waals surface area contributed by atoms with E-state index in [9.17, 15) is 0 Å². The first-order valence-electron chi connectivity index (χ1n) is 4.58. The third-order valence-corrected chi connectivity index (χ3v) is 2.81. The molecule has 0 bridgehead atoms. The van der Waals surface area contributed by atoms with Crippen molar-refractivity contribution in [2.24, 2.45) is 0 Å². The molecule has 0 nitrogen and oxygen atoms in total. The maximum absolute atomic E-state index is 5.95. The zero-order valence-electron chi connectivity index (χ0n) is 9.13. The number of hydrogen-bond donors (Lipinski definition) is 0. The molecule has 0 N–H and O–H groups in total. The van der Waals surface area contributed by atoms with Crippen molar-refractivity contribution in [2.75, 3.05) is 0 Å². The maximum Gasteiger partial charge on any atom is 4.00 e. The van der Waals surface area contributed by atoms with E-state index in [1.807, 2.05) is 12.1 Å². The number of hydrogen-bond acceptors (Lipinski definition) is 0. The van der Waals surface area contributed by atoms with Crippen molar-refractivity contribution in [3.8, 4) is 0 Å². The van der Waals surface area contributed by atoms with Crippen LogP contribution in [0.5, 0.6) is 0 Å². The number of halogens is 4. The minimum Gasteiger partial charge on any atom is -1.00 e. The number of benzene rings is 2. The van der Waals surface area contributed by atoms with Crippen molar-refractivity contribution in [1.82, 2.24) is 0 Å². The van der Waals surface area contributed by atoms with E-state index in [-0.39, 0.29) is 63.4 Å². The van der Waals surface area contributed by atoms with Gasteiger partial charge in [0, 0.05) is 5.02 Å². The zero-order valence-corrected chi connectivity index (χ0v) is 14.6. The molecule has 5 heteroatoms. The average molecular weight is 397 g/mol. The molecule has 0 unspecified atom stereocenters. The molecule has 0 aromatic heterocycles. The van der Waals surface area contributed by atoms with Gasteiger partial charge in [0.05, 0.1) is 0 Å².